The van der Waals surface area contributed by atoms with Crippen molar-refractivity contribution in [3.63, 3.8) is 0 Å². The van der Waals surface area contributed by atoms with E-state index in [1.165, 1.54) is 0 Å². The number of hydrogen-bond donors (Lipinski definition) is 1. The van der Waals surface area contributed by atoms with E-state index < -0.39 is 0 Å². The molecule has 0 bridgehead atoms. The topological polar surface area (TPSA) is 68.8 Å². The predicted octanol–water partition coefficient (Wildman–Crippen LogP) is 3.33. The summed E-state index contributed by atoms with van der Waals surface area (Å²) in [5, 5.41) is 17.3. The van der Waals surface area contributed by atoms with E-state index >= 15 is 0 Å². The fraction of sp³-hybridized carbons (Fsp3) is 0.588. The molecule has 1 saturated heterocycles. The van der Waals surface area contributed by atoms with Crippen LogP contribution in [0.4, 0.5) is 0 Å². The third-order valence-electron chi connectivity index (χ3n) is 4.27. The van der Waals surface area contributed by atoms with Gasteiger partial charge in [-0.1, -0.05) is 36.8 Å². The Balaban J connectivity index is 1.72. The first kappa shape index (κ1) is 17.2. The molecule has 24 heavy (non-hydrogen) atoms. The summed E-state index contributed by atoms with van der Waals surface area (Å²) in [5.74, 6) is 3.52. The number of thioether (sulfide) groups is 1. The van der Waals surface area contributed by atoms with Gasteiger partial charge in [-0.25, -0.2) is 0 Å². The maximum atomic E-state index is 5.41. The standard InChI is InChI=1S/C17H25N5OS/c1-4-9-22-16(13-5-7-18-8-6-13)19-20-17(22)24-11-14-10-15(12(2)3)21-23-14/h4,10,12-13,18H,1,5-9,11H2,2-3H3. The maximum absolute atomic E-state index is 5.41. The highest BCUT2D eigenvalue weighted by molar-refractivity contribution is 7.98. The summed E-state index contributed by atoms with van der Waals surface area (Å²) < 4.78 is 7.60. The minimum Gasteiger partial charge on any atom is -0.360 e. The van der Waals surface area contributed by atoms with Gasteiger partial charge in [-0.05, 0) is 31.8 Å². The molecule has 2 aromatic rings. The first-order valence-corrected chi connectivity index (χ1v) is 9.50. The Kier molecular flexibility index (Phi) is 5.73. The second-order valence-corrected chi connectivity index (χ2v) is 7.37. The molecule has 1 N–H and O–H groups in total. The smallest absolute Gasteiger partial charge is 0.191 e. The molecule has 0 amide bonds. The SMILES string of the molecule is C=CCn1c(SCc2cc(C(C)C)no2)nnc1C1CCNCC1. The van der Waals surface area contributed by atoms with Gasteiger partial charge in [-0.15, -0.1) is 16.8 Å². The zero-order valence-electron chi connectivity index (χ0n) is 14.4. The summed E-state index contributed by atoms with van der Waals surface area (Å²) in [7, 11) is 0. The lowest BCUT2D eigenvalue weighted by molar-refractivity contribution is 0.385. The van der Waals surface area contributed by atoms with Gasteiger partial charge >= 0.3 is 0 Å². The van der Waals surface area contributed by atoms with Gasteiger partial charge in [-0.3, -0.25) is 0 Å². The molecular formula is C17H25N5OS. The molecular weight excluding hydrogens is 322 g/mol. The van der Waals surface area contributed by atoms with Crippen LogP contribution in [-0.4, -0.2) is 33.0 Å². The van der Waals surface area contributed by atoms with Gasteiger partial charge in [0.1, 0.15) is 11.6 Å². The third kappa shape index (κ3) is 3.89. The highest BCUT2D eigenvalue weighted by Gasteiger charge is 2.23. The van der Waals surface area contributed by atoms with Crippen LogP contribution >= 0.6 is 11.8 Å². The molecule has 6 nitrogen and oxygen atoms in total. The van der Waals surface area contributed by atoms with Gasteiger partial charge < -0.3 is 14.4 Å². The summed E-state index contributed by atoms with van der Waals surface area (Å²) in [6.07, 6.45) is 4.13. The Labute approximate surface area is 147 Å². The van der Waals surface area contributed by atoms with Gasteiger partial charge in [0.2, 0.25) is 0 Å². The fourth-order valence-corrected chi connectivity index (χ4v) is 3.72. The zero-order valence-corrected chi connectivity index (χ0v) is 15.2. The van der Waals surface area contributed by atoms with Crippen LogP contribution in [0.3, 0.4) is 0 Å². The largest absolute Gasteiger partial charge is 0.360 e. The Hall–Kier alpha value is -1.60. The zero-order chi connectivity index (χ0) is 16.9. The number of nitrogens with zero attached hydrogens (tertiary/aromatic N) is 4. The molecule has 0 atom stereocenters. The average molecular weight is 347 g/mol. The van der Waals surface area contributed by atoms with Crippen molar-refractivity contribution in [1.82, 2.24) is 25.2 Å². The van der Waals surface area contributed by atoms with Crippen molar-refractivity contribution in [2.24, 2.45) is 0 Å². The van der Waals surface area contributed by atoms with Crippen LogP contribution in [0.5, 0.6) is 0 Å². The van der Waals surface area contributed by atoms with Crippen LogP contribution in [0.15, 0.2) is 28.4 Å². The molecule has 1 fully saturated rings. The van der Waals surface area contributed by atoms with Crippen molar-refractivity contribution in [2.45, 2.75) is 56.0 Å². The van der Waals surface area contributed by atoms with E-state index in [1.807, 2.05) is 12.1 Å². The van der Waals surface area contributed by atoms with Crippen LogP contribution in [0.25, 0.3) is 0 Å². The molecule has 0 aromatic carbocycles. The lowest BCUT2D eigenvalue weighted by Crippen LogP contribution is -2.28. The van der Waals surface area contributed by atoms with E-state index in [0.717, 1.165) is 54.9 Å². The Morgan fingerprint density at radius 1 is 1.42 bits per heavy atom. The molecule has 0 aliphatic carbocycles. The van der Waals surface area contributed by atoms with Gasteiger partial charge in [0.15, 0.2) is 5.16 Å². The Morgan fingerprint density at radius 2 is 2.21 bits per heavy atom. The summed E-state index contributed by atoms with van der Waals surface area (Å²) in [5.41, 5.74) is 0.994. The van der Waals surface area contributed by atoms with Gasteiger partial charge in [0.25, 0.3) is 0 Å². The molecule has 1 aliphatic heterocycles. The minimum atomic E-state index is 0.378. The molecule has 3 heterocycles. The summed E-state index contributed by atoms with van der Waals surface area (Å²) in [4.78, 5) is 0. The van der Waals surface area contributed by atoms with Crippen molar-refractivity contribution in [3.8, 4) is 0 Å². The second-order valence-electron chi connectivity index (χ2n) is 6.43. The number of piperidine rings is 1. The van der Waals surface area contributed by atoms with E-state index in [4.69, 9.17) is 4.52 Å². The van der Waals surface area contributed by atoms with Crippen LogP contribution < -0.4 is 5.32 Å². The lowest BCUT2D eigenvalue weighted by Gasteiger charge is -2.22. The number of hydrogen-bond acceptors (Lipinski definition) is 6. The van der Waals surface area contributed by atoms with E-state index in [1.54, 1.807) is 11.8 Å². The molecule has 0 unspecified atom stereocenters. The summed E-state index contributed by atoms with van der Waals surface area (Å²) in [6.45, 7) is 10.9. The van der Waals surface area contributed by atoms with E-state index in [9.17, 15) is 0 Å². The quantitative estimate of drug-likeness (QED) is 0.612. The van der Waals surface area contributed by atoms with Crippen molar-refractivity contribution in [1.29, 1.82) is 0 Å². The summed E-state index contributed by atoms with van der Waals surface area (Å²) in [6, 6.07) is 2.03. The van der Waals surface area contributed by atoms with Crippen LogP contribution in [-0.2, 0) is 12.3 Å². The monoisotopic (exact) mass is 347 g/mol. The molecule has 1 aliphatic rings. The highest BCUT2D eigenvalue weighted by Crippen LogP contribution is 2.29. The molecule has 2 aromatic heterocycles. The fourth-order valence-electron chi connectivity index (χ4n) is 2.89. The predicted molar refractivity (Wildman–Crippen MR) is 95.2 cm³/mol. The van der Waals surface area contributed by atoms with Crippen molar-refractivity contribution >= 4 is 11.8 Å². The Morgan fingerprint density at radius 3 is 2.88 bits per heavy atom. The first-order valence-electron chi connectivity index (χ1n) is 8.52. The average Bonchev–Trinajstić information content (AvgIpc) is 3.21. The molecule has 130 valence electrons. The van der Waals surface area contributed by atoms with Gasteiger partial charge in [0.05, 0.1) is 11.4 Å². The molecule has 3 rings (SSSR count). The molecule has 0 radical (unpaired) electrons. The number of allylic oxidation sites excluding steroid dienone is 1. The van der Waals surface area contributed by atoms with E-state index in [-0.39, 0.29) is 0 Å². The van der Waals surface area contributed by atoms with Gasteiger partial charge in [-0.2, -0.15) is 0 Å². The minimum absolute atomic E-state index is 0.378. The van der Waals surface area contributed by atoms with E-state index in [2.05, 4.69) is 45.7 Å². The van der Waals surface area contributed by atoms with Crippen LogP contribution in [0, 0.1) is 0 Å². The van der Waals surface area contributed by atoms with Crippen molar-refractivity contribution < 1.29 is 4.52 Å². The van der Waals surface area contributed by atoms with Gasteiger partial charge in [0, 0.05) is 18.5 Å². The van der Waals surface area contributed by atoms with E-state index in [0.29, 0.717) is 17.6 Å². The third-order valence-corrected chi connectivity index (χ3v) is 5.26. The number of aromatic nitrogens is 4. The molecule has 0 spiro atoms. The second kappa shape index (κ2) is 7.98. The van der Waals surface area contributed by atoms with Crippen LogP contribution in [0.1, 0.15) is 55.8 Å². The van der Waals surface area contributed by atoms with Crippen molar-refractivity contribution in [3.05, 3.63) is 36.0 Å². The number of rotatable bonds is 7. The Bertz CT molecular complexity index is 672. The number of nitrogens with one attached hydrogen (secondary N) is 1. The molecule has 0 saturated carbocycles. The maximum Gasteiger partial charge on any atom is 0.191 e. The van der Waals surface area contributed by atoms with Crippen LogP contribution in [0.2, 0.25) is 0 Å². The normalized spacial score (nSPS) is 16.0. The lowest BCUT2D eigenvalue weighted by atomic mass is 9.97. The molecule has 7 heteroatoms. The van der Waals surface area contributed by atoms with Crippen molar-refractivity contribution in [2.75, 3.05) is 13.1 Å². The summed E-state index contributed by atoms with van der Waals surface area (Å²) >= 11 is 1.64. The highest BCUT2D eigenvalue weighted by atomic mass is 32.2. The first-order chi connectivity index (χ1) is 11.7.